The SMILES string of the molecule is CCO[Si](CCCN(C)[Si](CC)(CC)CC)(OCC)OC(C)CCN1CCNCC1. The van der Waals surface area contributed by atoms with E-state index >= 15 is 0 Å². The van der Waals surface area contributed by atoms with E-state index < -0.39 is 17.0 Å². The molecule has 0 radical (unpaired) electrons. The molecule has 1 fully saturated rings. The third-order valence-corrected chi connectivity index (χ3v) is 15.9. The highest BCUT2D eigenvalue weighted by atomic mass is 28.4. The van der Waals surface area contributed by atoms with E-state index in [2.05, 4.69) is 63.4 Å². The molecule has 1 aliphatic heterocycles. The van der Waals surface area contributed by atoms with Gasteiger partial charge in [0.15, 0.2) is 0 Å². The quantitative estimate of drug-likeness (QED) is 0.330. The second-order valence-electron chi connectivity index (χ2n) is 8.67. The van der Waals surface area contributed by atoms with Crippen LogP contribution in [-0.2, 0) is 13.3 Å². The van der Waals surface area contributed by atoms with E-state index in [1.807, 2.05) is 0 Å². The van der Waals surface area contributed by atoms with Crippen molar-refractivity contribution in [3.63, 3.8) is 0 Å². The Morgan fingerprint density at radius 2 is 1.53 bits per heavy atom. The van der Waals surface area contributed by atoms with Gasteiger partial charge in [-0.3, -0.25) is 0 Å². The van der Waals surface area contributed by atoms with Crippen LogP contribution in [0.1, 0.15) is 54.4 Å². The lowest BCUT2D eigenvalue weighted by Gasteiger charge is -2.39. The van der Waals surface area contributed by atoms with Gasteiger partial charge >= 0.3 is 8.80 Å². The molecule has 0 aliphatic carbocycles. The Balaban J connectivity index is 2.64. The van der Waals surface area contributed by atoms with E-state index in [1.54, 1.807) is 0 Å². The van der Waals surface area contributed by atoms with Gasteiger partial charge in [-0.1, -0.05) is 20.8 Å². The number of hydrogen-bond donors (Lipinski definition) is 1. The molecule has 8 heteroatoms. The van der Waals surface area contributed by atoms with Crippen LogP contribution >= 0.6 is 0 Å². The smallest absolute Gasteiger partial charge is 0.374 e. The largest absolute Gasteiger partial charge is 0.501 e. The van der Waals surface area contributed by atoms with E-state index in [0.717, 1.165) is 58.2 Å². The van der Waals surface area contributed by atoms with Gasteiger partial charge in [-0.25, -0.2) is 0 Å². The average molecular weight is 462 g/mol. The van der Waals surface area contributed by atoms with Crippen LogP contribution in [0.3, 0.4) is 0 Å². The second kappa shape index (κ2) is 15.1. The number of rotatable bonds is 17. The lowest BCUT2D eigenvalue weighted by molar-refractivity contribution is 0.0310. The predicted molar refractivity (Wildman–Crippen MR) is 133 cm³/mol. The van der Waals surface area contributed by atoms with Crippen molar-refractivity contribution in [2.24, 2.45) is 0 Å². The van der Waals surface area contributed by atoms with Crippen molar-refractivity contribution < 1.29 is 13.3 Å². The molecular weight excluding hydrogens is 410 g/mol. The summed E-state index contributed by atoms with van der Waals surface area (Å²) in [4.78, 5) is 2.53. The molecule has 180 valence electrons. The highest BCUT2D eigenvalue weighted by molar-refractivity contribution is 6.76. The summed E-state index contributed by atoms with van der Waals surface area (Å²) in [6.45, 7) is 21.4. The highest BCUT2D eigenvalue weighted by Gasteiger charge is 2.42. The van der Waals surface area contributed by atoms with Crippen molar-refractivity contribution in [3.8, 4) is 0 Å². The van der Waals surface area contributed by atoms with Gasteiger partial charge in [0.25, 0.3) is 0 Å². The summed E-state index contributed by atoms with van der Waals surface area (Å²) in [5, 5.41) is 3.42. The van der Waals surface area contributed by atoms with Gasteiger partial charge in [-0.05, 0) is 65.3 Å². The minimum atomic E-state index is -2.64. The highest BCUT2D eigenvalue weighted by Crippen LogP contribution is 2.26. The predicted octanol–water partition coefficient (Wildman–Crippen LogP) is 4.03. The van der Waals surface area contributed by atoms with E-state index in [-0.39, 0.29) is 6.10 Å². The number of nitrogens with one attached hydrogen (secondary N) is 1. The molecule has 6 nitrogen and oxygen atoms in total. The lowest BCUT2D eigenvalue weighted by Crippen LogP contribution is -2.52. The maximum absolute atomic E-state index is 6.60. The van der Waals surface area contributed by atoms with Crippen molar-refractivity contribution in [1.29, 1.82) is 0 Å². The van der Waals surface area contributed by atoms with Crippen LogP contribution in [0, 0.1) is 0 Å². The zero-order chi connectivity index (χ0) is 22.5. The summed E-state index contributed by atoms with van der Waals surface area (Å²) in [6.07, 6.45) is 2.28. The Hall–Kier alpha value is 0.194. The number of nitrogens with zero attached hydrogens (tertiary/aromatic N) is 2. The monoisotopic (exact) mass is 461 g/mol. The molecule has 1 N–H and O–H groups in total. The maximum atomic E-state index is 6.60. The van der Waals surface area contributed by atoms with Crippen LogP contribution in [0.15, 0.2) is 0 Å². The molecule has 0 amide bonds. The van der Waals surface area contributed by atoms with Crippen LogP contribution in [0.25, 0.3) is 0 Å². The van der Waals surface area contributed by atoms with Crippen molar-refractivity contribution in [3.05, 3.63) is 0 Å². The van der Waals surface area contributed by atoms with Gasteiger partial charge in [-0.15, -0.1) is 0 Å². The summed E-state index contributed by atoms with van der Waals surface area (Å²) < 4.78 is 21.8. The molecule has 0 aromatic carbocycles. The van der Waals surface area contributed by atoms with Gasteiger partial charge in [-0.2, -0.15) is 0 Å². The van der Waals surface area contributed by atoms with E-state index in [1.165, 1.54) is 18.1 Å². The molecule has 0 aromatic heterocycles. The minimum Gasteiger partial charge on any atom is -0.374 e. The minimum absolute atomic E-state index is 0.165. The summed E-state index contributed by atoms with van der Waals surface area (Å²) in [5.41, 5.74) is 0. The fourth-order valence-corrected chi connectivity index (χ4v) is 11.3. The lowest BCUT2D eigenvalue weighted by atomic mass is 10.2. The van der Waals surface area contributed by atoms with Crippen LogP contribution in [0.4, 0.5) is 0 Å². The van der Waals surface area contributed by atoms with Gasteiger partial charge in [0.1, 0.15) is 8.24 Å². The first-order chi connectivity index (χ1) is 14.4. The fraction of sp³-hybridized carbons (Fsp3) is 1.00. The molecule has 1 heterocycles. The van der Waals surface area contributed by atoms with Gasteiger partial charge in [0, 0.05) is 58.1 Å². The molecule has 0 bridgehead atoms. The first-order valence-corrected chi connectivity index (χ1v) is 17.0. The van der Waals surface area contributed by atoms with Crippen molar-refractivity contribution in [1.82, 2.24) is 14.8 Å². The zero-order valence-electron chi connectivity index (χ0n) is 21.1. The number of piperazine rings is 1. The van der Waals surface area contributed by atoms with Gasteiger partial charge < -0.3 is 28.1 Å². The molecule has 1 aliphatic rings. The molecule has 0 spiro atoms. The van der Waals surface area contributed by atoms with Crippen molar-refractivity contribution in [2.45, 2.75) is 84.7 Å². The molecule has 1 rings (SSSR count). The third kappa shape index (κ3) is 8.98. The Labute approximate surface area is 189 Å². The fourth-order valence-electron chi connectivity index (χ4n) is 4.75. The van der Waals surface area contributed by atoms with Crippen molar-refractivity contribution in [2.75, 3.05) is 59.5 Å². The zero-order valence-corrected chi connectivity index (χ0v) is 23.1. The van der Waals surface area contributed by atoms with E-state index in [4.69, 9.17) is 13.3 Å². The Bertz CT molecular complexity index is 422. The Morgan fingerprint density at radius 1 is 0.967 bits per heavy atom. The standard InChI is InChI=1S/C22H51N3O3Si2/c1-8-26-30(27-9-2,21-13-17-24(7)29(10-3,11-4)12-5)28-22(6)14-18-25-19-15-23-16-20-25/h22-23H,8-21H2,1-7H3. The molecule has 1 saturated heterocycles. The molecule has 0 aromatic rings. The van der Waals surface area contributed by atoms with E-state index in [0.29, 0.717) is 13.2 Å². The van der Waals surface area contributed by atoms with Crippen LogP contribution < -0.4 is 5.32 Å². The first kappa shape index (κ1) is 28.2. The van der Waals surface area contributed by atoms with Crippen LogP contribution in [0.2, 0.25) is 24.2 Å². The topological polar surface area (TPSA) is 46.2 Å². The molecule has 1 unspecified atom stereocenters. The van der Waals surface area contributed by atoms with E-state index in [9.17, 15) is 0 Å². The summed E-state index contributed by atoms with van der Waals surface area (Å²) in [7, 11) is -1.61. The summed E-state index contributed by atoms with van der Waals surface area (Å²) in [6, 6.07) is 4.90. The third-order valence-electron chi connectivity index (χ3n) is 6.93. The molecular formula is C22H51N3O3Si2. The first-order valence-electron chi connectivity index (χ1n) is 12.5. The molecule has 1 atom stereocenters. The normalized spacial score (nSPS) is 17.6. The van der Waals surface area contributed by atoms with Crippen LogP contribution in [-0.4, -0.2) is 92.1 Å². The Kier molecular flexibility index (Phi) is 14.2. The van der Waals surface area contributed by atoms with Crippen LogP contribution in [0.5, 0.6) is 0 Å². The number of hydrogen-bond acceptors (Lipinski definition) is 6. The van der Waals surface area contributed by atoms with Gasteiger partial charge in [0.05, 0.1) is 0 Å². The van der Waals surface area contributed by atoms with Gasteiger partial charge in [0.2, 0.25) is 0 Å². The Morgan fingerprint density at radius 3 is 2.03 bits per heavy atom. The maximum Gasteiger partial charge on any atom is 0.501 e. The van der Waals surface area contributed by atoms with Crippen molar-refractivity contribution >= 4 is 17.0 Å². The summed E-state index contributed by atoms with van der Waals surface area (Å²) in [5.74, 6) is 0. The molecule has 0 saturated carbocycles. The second-order valence-corrected chi connectivity index (χ2v) is 16.7. The molecule has 30 heavy (non-hydrogen) atoms. The average Bonchev–Trinajstić information content (AvgIpc) is 2.75. The summed E-state index contributed by atoms with van der Waals surface area (Å²) >= 11 is 0.